The highest BCUT2D eigenvalue weighted by Gasteiger charge is 2.11. The van der Waals surface area contributed by atoms with Gasteiger partial charge in [-0.1, -0.05) is 12.1 Å². The van der Waals surface area contributed by atoms with Crippen molar-refractivity contribution in [2.75, 3.05) is 18.2 Å². The van der Waals surface area contributed by atoms with Gasteiger partial charge in [0.25, 0.3) is 5.91 Å². The van der Waals surface area contributed by atoms with Crippen molar-refractivity contribution in [1.29, 1.82) is 0 Å². The molecule has 0 heterocycles. The van der Waals surface area contributed by atoms with E-state index in [1.165, 1.54) is 7.11 Å². The quantitative estimate of drug-likeness (QED) is 0.670. The van der Waals surface area contributed by atoms with E-state index in [2.05, 4.69) is 10.1 Å². The largest absolute Gasteiger partial charge is 0.465 e. The molecule has 0 aliphatic heterocycles. The predicted molar refractivity (Wildman–Crippen MR) is 81.3 cm³/mol. The van der Waals surface area contributed by atoms with Gasteiger partial charge < -0.3 is 15.8 Å². The van der Waals surface area contributed by atoms with E-state index in [1.807, 2.05) is 6.92 Å². The number of amides is 1. The van der Waals surface area contributed by atoms with E-state index in [0.717, 1.165) is 5.56 Å². The van der Waals surface area contributed by atoms with Gasteiger partial charge in [-0.15, -0.1) is 0 Å². The second kappa shape index (κ2) is 6.09. The molecule has 108 valence electrons. The molecule has 0 aliphatic carbocycles. The molecule has 0 radical (unpaired) electrons. The number of ether oxygens (including phenoxy) is 1. The monoisotopic (exact) mass is 284 g/mol. The van der Waals surface area contributed by atoms with Gasteiger partial charge in [-0.05, 0) is 42.8 Å². The van der Waals surface area contributed by atoms with E-state index in [1.54, 1.807) is 42.5 Å². The molecule has 0 atom stereocenters. The minimum atomic E-state index is -0.450. The van der Waals surface area contributed by atoms with E-state index in [4.69, 9.17) is 5.73 Å². The molecule has 2 aromatic carbocycles. The molecular formula is C16H16N2O3. The SMILES string of the molecule is COC(=O)c1ccc(C)c(NC(=O)c2cccc(N)c2)c1. The van der Waals surface area contributed by atoms with Crippen LogP contribution in [0.5, 0.6) is 0 Å². The molecule has 0 saturated heterocycles. The number of carbonyl (C=O) groups is 2. The van der Waals surface area contributed by atoms with Crippen LogP contribution in [0.15, 0.2) is 42.5 Å². The molecule has 0 aromatic heterocycles. The van der Waals surface area contributed by atoms with Crippen molar-refractivity contribution < 1.29 is 14.3 Å². The number of benzene rings is 2. The highest BCUT2D eigenvalue weighted by Crippen LogP contribution is 2.19. The lowest BCUT2D eigenvalue weighted by Gasteiger charge is -2.10. The van der Waals surface area contributed by atoms with E-state index in [-0.39, 0.29) is 5.91 Å². The number of hydrogen-bond donors (Lipinski definition) is 2. The van der Waals surface area contributed by atoms with E-state index in [0.29, 0.717) is 22.5 Å². The fraction of sp³-hybridized carbons (Fsp3) is 0.125. The Balaban J connectivity index is 2.26. The molecule has 0 aliphatic rings. The number of methoxy groups -OCH3 is 1. The molecule has 0 spiro atoms. The Morgan fingerprint density at radius 3 is 2.52 bits per heavy atom. The molecule has 0 fully saturated rings. The maximum Gasteiger partial charge on any atom is 0.337 e. The zero-order valence-corrected chi connectivity index (χ0v) is 11.8. The van der Waals surface area contributed by atoms with E-state index in [9.17, 15) is 9.59 Å². The fourth-order valence-corrected chi connectivity index (χ4v) is 1.88. The maximum atomic E-state index is 12.2. The summed E-state index contributed by atoms with van der Waals surface area (Å²) < 4.78 is 4.67. The Bertz CT molecular complexity index is 696. The number of nitrogens with two attached hydrogens (primary N) is 1. The van der Waals surface area contributed by atoms with E-state index >= 15 is 0 Å². The first kappa shape index (κ1) is 14.6. The summed E-state index contributed by atoms with van der Waals surface area (Å²) in [6.07, 6.45) is 0. The minimum absolute atomic E-state index is 0.285. The van der Waals surface area contributed by atoms with Crippen molar-refractivity contribution in [1.82, 2.24) is 0 Å². The van der Waals surface area contributed by atoms with Crippen LogP contribution in [0.1, 0.15) is 26.3 Å². The molecule has 21 heavy (non-hydrogen) atoms. The summed E-state index contributed by atoms with van der Waals surface area (Å²) in [6, 6.07) is 11.7. The van der Waals surface area contributed by atoms with Crippen molar-refractivity contribution in [3.63, 3.8) is 0 Å². The highest BCUT2D eigenvalue weighted by atomic mass is 16.5. The number of carbonyl (C=O) groups excluding carboxylic acids is 2. The molecule has 2 aromatic rings. The highest BCUT2D eigenvalue weighted by molar-refractivity contribution is 6.05. The topological polar surface area (TPSA) is 81.4 Å². The van der Waals surface area contributed by atoms with Gasteiger partial charge in [-0.2, -0.15) is 0 Å². The number of nitrogen functional groups attached to an aromatic ring is 1. The molecule has 3 N–H and O–H groups in total. The first-order valence-corrected chi connectivity index (χ1v) is 6.37. The van der Waals surface area contributed by atoms with Crippen LogP contribution in [0.3, 0.4) is 0 Å². The van der Waals surface area contributed by atoms with Crippen molar-refractivity contribution in [2.24, 2.45) is 0 Å². The Morgan fingerprint density at radius 1 is 1.10 bits per heavy atom. The summed E-state index contributed by atoms with van der Waals surface area (Å²) >= 11 is 0. The van der Waals surface area contributed by atoms with Crippen LogP contribution in [0.4, 0.5) is 11.4 Å². The fourth-order valence-electron chi connectivity index (χ4n) is 1.88. The Labute approximate surface area is 122 Å². The van der Waals surface area contributed by atoms with Gasteiger partial charge in [0.15, 0.2) is 0 Å². The van der Waals surface area contributed by atoms with Crippen LogP contribution in [-0.2, 0) is 4.74 Å². The normalized spacial score (nSPS) is 10.0. The van der Waals surface area contributed by atoms with E-state index < -0.39 is 5.97 Å². The van der Waals surface area contributed by atoms with Crippen LogP contribution in [0.2, 0.25) is 0 Å². The van der Waals surface area contributed by atoms with Gasteiger partial charge in [0.1, 0.15) is 0 Å². The summed E-state index contributed by atoms with van der Waals surface area (Å²) in [7, 11) is 1.31. The van der Waals surface area contributed by atoms with Crippen molar-refractivity contribution in [3.8, 4) is 0 Å². The van der Waals surface area contributed by atoms with Gasteiger partial charge >= 0.3 is 5.97 Å². The Kier molecular flexibility index (Phi) is 4.23. The van der Waals surface area contributed by atoms with Crippen LogP contribution < -0.4 is 11.1 Å². The molecule has 5 heteroatoms. The van der Waals surface area contributed by atoms with Gasteiger partial charge in [-0.25, -0.2) is 4.79 Å². The molecule has 2 rings (SSSR count). The van der Waals surface area contributed by atoms with Crippen LogP contribution in [0, 0.1) is 6.92 Å². The zero-order chi connectivity index (χ0) is 15.4. The molecule has 1 amide bonds. The summed E-state index contributed by atoms with van der Waals surface area (Å²) in [6.45, 7) is 1.84. The molecule has 0 bridgehead atoms. The lowest BCUT2D eigenvalue weighted by atomic mass is 10.1. The zero-order valence-electron chi connectivity index (χ0n) is 11.8. The van der Waals surface area contributed by atoms with Gasteiger partial charge in [0.05, 0.1) is 12.7 Å². The standard InChI is InChI=1S/C16H16N2O3/c1-10-6-7-12(16(20)21-2)9-14(10)18-15(19)11-4-3-5-13(17)8-11/h3-9H,17H2,1-2H3,(H,18,19). The number of hydrogen-bond acceptors (Lipinski definition) is 4. The lowest BCUT2D eigenvalue weighted by Crippen LogP contribution is -2.14. The third kappa shape index (κ3) is 3.39. The number of anilines is 2. The number of aryl methyl sites for hydroxylation is 1. The smallest absolute Gasteiger partial charge is 0.337 e. The number of esters is 1. The molecule has 5 nitrogen and oxygen atoms in total. The Morgan fingerprint density at radius 2 is 1.86 bits per heavy atom. The second-order valence-electron chi connectivity index (χ2n) is 4.60. The first-order chi connectivity index (χ1) is 10.0. The lowest BCUT2D eigenvalue weighted by molar-refractivity contribution is 0.0600. The van der Waals surface area contributed by atoms with Crippen molar-refractivity contribution in [2.45, 2.75) is 6.92 Å². The third-order valence-electron chi connectivity index (χ3n) is 3.06. The predicted octanol–water partition coefficient (Wildman–Crippen LogP) is 2.62. The minimum Gasteiger partial charge on any atom is -0.465 e. The summed E-state index contributed by atoms with van der Waals surface area (Å²) in [5.41, 5.74) is 8.42. The van der Waals surface area contributed by atoms with Crippen LogP contribution in [-0.4, -0.2) is 19.0 Å². The number of nitrogens with one attached hydrogen (secondary N) is 1. The van der Waals surface area contributed by atoms with Crippen molar-refractivity contribution in [3.05, 3.63) is 59.2 Å². The molecule has 0 saturated carbocycles. The summed E-state index contributed by atoms with van der Waals surface area (Å²) in [4.78, 5) is 23.7. The van der Waals surface area contributed by atoms with Gasteiger partial charge in [0, 0.05) is 16.9 Å². The molecule has 0 unspecified atom stereocenters. The van der Waals surface area contributed by atoms with Gasteiger partial charge in [0.2, 0.25) is 0 Å². The number of rotatable bonds is 3. The molecular weight excluding hydrogens is 268 g/mol. The van der Waals surface area contributed by atoms with Crippen molar-refractivity contribution >= 4 is 23.3 Å². The first-order valence-electron chi connectivity index (χ1n) is 6.37. The Hall–Kier alpha value is -2.82. The average Bonchev–Trinajstić information content (AvgIpc) is 2.48. The van der Waals surface area contributed by atoms with Gasteiger partial charge in [-0.3, -0.25) is 4.79 Å². The summed E-state index contributed by atoms with van der Waals surface area (Å²) in [5.74, 6) is -0.734. The summed E-state index contributed by atoms with van der Waals surface area (Å²) in [5, 5.41) is 2.77. The van der Waals surface area contributed by atoms with Crippen LogP contribution >= 0.6 is 0 Å². The maximum absolute atomic E-state index is 12.2. The average molecular weight is 284 g/mol. The van der Waals surface area contributed by atoms with Crippen LogP contribution in [0.25, 0.3) is 0 Å². The second-order valence-corrected chi connectivity index (χ2v) is 4.60. The third-order valence-corrected chi connectivity index (χ3v) is 3.06.